The van der Waals surface area contributed by atoms with Gasteiger partial charge < -0.3 is 5.11 Å². The SMILES string of the molecule is CN(Cc1ccc(C(=O)O)cc1)Cc1ncccn1. The van der Waals surface area contributed by atoms with E-state index in [9.17, 15) is 4.79 Å². The van der Waals surface area contributed by atoms with Gasteiger partial charge in [-0.05, 0) is 30.8 Å². The molecule has 0 amide bonds. The highest BCUT2D eigenvalue weighted by Gasteiger charge is 2.05. The molecule has 0 aliphatic heterocycles. The van der Waals surface area contributed by atoms with Gasteiger partial charge in [-0.1, -0.05) is 12.1 Å². The maximum atomic E-state index is 10.7. The summed E-state index contributed by atoms with van der Waals surface area (Å²) in [5.41, 5.74) is 1.36. The third-order valence-corrected chi connectivity index (χ3v) is 2.68. The Morgan fingerprint density at radius 2 is 1.79 bits per heavy atom. The van der Waals surface area contributed by atoms with Gasteiger partial charge in [0.15, 0.2) is 0 Å². The van der Waals surface area contributed by atoms with Crippen molar-refractivity contribution in [3.63, 3.8) is 0 Å². The highest BCUT2D eigenvalue weighted by atomic mass is 16.4. The first-order chi connectivity index (χ1) is 9.15. The molecule has 5 nitrogen and oxygen atoms in total. The van der Waals surface area contributed by atoms with Crippen molar-refractivity contribution in [2.45, 2.75) is 13.1 Å². The second-order valence-corrected chi connectivity index (χ2v) is 4.34. The second kappa shape index (κ2) is 6.06. The Kier molecular flexibility index (Phi) is 4.20. The Hall–Kier alpha value is -2.27. The Morgan fingerprint density at radius 1 is 1.16 bits per heavy atom. The van der Waals surface area contributed by atoms with Gasteiger partial charge in [-0.3, -0.25) is 4.90 Å². The molecule has 0 unspecified atom stereocenters. The van der Waals surface area contributed by atoms with Crippen LogP contribution in [-0.4, -0.2) is 33.0 Å². The third-order valence-electron chi connectivity index (χ3n) is 2.68. The molecule has 0 spiro atoms. The smallest absolute Gasteiger partial charge is 0.335 e. The number of carbonyl (C=O) groups is 1. The van der Waals surface area contributed by atoms with Crippen molar-refractivity contribution in [1.29, 1.82) is 0 Å². The van der Waals surface area contributed by atoms with Gasteiger partial charge in [0.1, 0.15) is 5.82 Å². The van der Waals surface area contributed by atoms with Crippen molar-refractivity contribution in [3.05, 3.63) is 59.7 Å². The molecule has 0 bridgehead atoms. The van der Waals surface area contributed by atoms with Crippen LogP contribution in [0.4, 0.5) is 0 Å². The van der Waals surface area contributed by atoms with Crippen LogP contribution in [0.25, 0.3) is 0 Å². The molecule has 5 heteroatoms. The normalized spacial score (nSPS) is 10.6. The van der Waals surface area contributed by atoms with Crippen molar-refractivity contribution < 1.29 is 9.90 Å². The number of benzene rings is 1. The number of aromatic carboxylic acids is 1. The van der Waals surface area contributed by atoms with Crippen LogP contribution >= 0.6 is 0 Å². The Morgan fingerprint density at radius 3 is 2.37 bits per heavy atom. The van der Waals surface area contributed by atoms with Gasteiger partial charge in [-0.15, -0.1) is 0 Å². The minimum absolute atomic E-state index is 0.304. The van der Waals surface area contributed by atoms with Gasteiger partial charge in [0, 0.05) is 18.9 Å². The summed E-state index contributed by atoms with van der Waals surface area (Å²) in [5, 5.41) is 8.83. The van der Waals surface area contributed by atoms with Gasteiger partial charge in [-0.2, -0.15) is 0 Å². The molecule has 1 N–H and O–H groups in total. The number of hydrogen-bond acceptors (Lipinski definition) is 4. The molecule has 1 heterocycles. The van der Waals surface area contributed by atoms with Crippen LogP contribution in [-0.2, 0) is 13.1 Å². The van der Waals surface area contributed by atoms with E-state index in [1.54, 1.807) is 30.6 Å². The zero-order valence-electron chi connectivity index (χ0n) is 10.7. The van der Waals surface area contributed by atoms with E-state index in [-0.39, 0.29) is 0 Å². The first-order valence-electron chi connectivity index (χ1n) is 5.92. The lowest BCUT2D eigenvalue weighted by atomic mass is 10.1. The van der Waals surface area contributed by atoms with Crippen molar-refractivity contribution in [1.82, 2.24) is 14.9 Å². The van der Waals surface area contributed by atoms with E-state index < -0.39 is 5.97 Å². The first kappa shape index (κ1) is 13.2. The first-order valence-corrected chi connectivity index (χ1v) is 5.92. The van der Waals surface area contributed by atoms with E-state index >= 15 is 0 Å². The number of carboxylic acid groups (broad SMARTS) is 1. The average Bonchev–Trinajstić information content (AvgIpc) is 2.40. The maximum absolute atomic E-state index is 10.7. The van der Waals surface area contributed by atoms with Crippen LogP contribution in [0.3, 0.4) is 0 Å². The van der Waals surface area contributed by atoms with Crippen LogP contribution in [0.15, 0.2) is 42.7 Å². The Bertz CT molecular complexity index is 540. The Balaban J connectivity index is 1.95. The topological polar surface area (TPSA) is 66.3 Å². The number of hydrogen-bond donors (Lipinski definition) is 1. The minimum Gasteiger partial charge on any atom is -0.478 e. The molecule has 0 saturated carbocycles. The van der Waals surface area contributed by atoms with Gasteiger partial charge in [0.25, 0.3) is 0 Å². The molecule has 0 aliphatic carbocycles. The summed E-state index contributed by atoms with van der Waals surface area (Å²) in [4.78, 5) is 21.2. The summed E-state index contributed by atoms with van der Waals surface area (Å²) in [5.74, 6) is -0.134. The van der Waals surface area contributed by atoms with Crippen LogP contribution in [0.5, 0.6) is 0 Å². The standard InChI is InChI=1S/C14H15N3O2/c1-17(10-13-15-7-2-8-16-13)9-11-3-5-12(6-4-11)14(18)19/h2-8H,9-10H2,1H3,(H,18,19). The van der Waals surface area contributed by atoms with Crippen LogP contribution in [0.1, 0.15) is 21.7 Å². The van der Waals surface area contributed by atoms with Crippen LogP contribution < -0.4 is 0 Å². The number of aromatic nitrogens is 2. The zero-order valence-corrected chi connectivity index (χ0v) is 10.7. The molecule has 0 fully saturated rings. The molecule has 0 radical (unpaired) electrons. The summed E-state index contributed by atoms with van der Waals surface area (Å²) < 4.78 is 0. The molecule has 1 aromatic heterocycles. The van der Waals surface area contributed by atoms with E-state index in [2.05, 4.69) is 14.9 Å². The summed E-state index contributed by atoms with van der Waals surface area (Å²) >= 11 is 0. The quantitative estimate of drug-likeness (QED) is 0.884. The van der Waals surface area contributed by atoms with Crippen LogP contribution in [0, 0.1) is 0 Å². The van der Waals surface area contributed by atoms with Gasteiger partial charge in [0.2, 0.25) is 0 Å². The molecule has 1 aromatic carbocycles. The van der Waals surface area contributed by atoms with E-state index in [4.69, 9.17) is 5.11 Å². The summed E-state index contributed by atoms with van der Waals surface area (Å²) in [6, 6.07) is 8.67. The molecular formula is C14H15N3O2. The molecule has 19 heavy (non-hydrogen) atoms. The number of carboxylic acids is 1. The molecule has 0 atom stereocenters. The minimum atomic E-state index is -0.905. The molecule has 2 aromatic rings. The zero-order chi connectivity index (χ0) is 13.7. The van der Waals surface area contributed by atoms with E-state index in [1.165, 1.54) is 0 Å². The lowest BCUT2D eigenvalue weighted by Gasteiger charge is -2.15. The largest absolute Gasteiger partial charge is 0.478 e. The third kappa shape index (κ3) is 3.86. The lowest BCUT2D eigenvalue weighted by Crippen LogP contribution is -2.18. The molecule has 98 valence electrons. The molecular weight excluding hydrogens is 242 g/mol. The second-order valence-electron chi connectivity index (χ2n) is 4.34. The van der Waals surface area contributed by atoms with Crippen molar-refractivity contribution in [3.8, 4) is 0 Å². The van der Waals surface area contributed by atoms with Gasteiger partial charge >= 0.3 is 5.97 Å². The van der Waals surface area contributed by atoms with Crippen LogP contribution in [0.2, 0.25) is 0 Å². The fraction of sp³-hybridized carbons (Fsp3) is 0.214. The predicted octanol–water partition coefficient (Wildman–Crippen LogP) is 1.81. The number of rotatable bonds is 5. The van der Waals surface area contributed by atoms with Crippen molar-refractivity contribution in [2.24, 2.45) is 0 Å². The lowest BCUT2D eigenvalue weighted by molar-refractivity contribution is 0.0697. The summed E-state index contributed by atoms with van der Waals surface area (Å²) in [6.45, 7) is 1.37. The monoisotopic (exact) mass is 257 g/mol. The average molecular weight is 257 g/mol. The highest BCUT2D eigenvalue weighted by Crippen LogP contribution is 2.08. The molecule has 0 saturated heterocycles. The van der Waals surface area contributed by atoms with Gasteiger partial charge in [0.05, 0.1) is 12.1 Å². The molecule has 0 aliphatic rings. The Labute approximate surface area is 111 Å². The summed E-state index contributed by atoms with van der Waals surface area (Å²) in [6.07, 6.45) is 3.44. The van der Waals surface area contributed by atoms with Crippen molar-refractivity contribution >= 4 is 5.97 Å². The number of nitrogens with zero attached hydrogens (tertiary/aromatic N) is 3. The maximum Gasteiger partial charge on any atom is 0.335 e. The highest BCUT2D eigenvalue weighted by molar-refractivity contribution is 5.87. The van der Waals surface area contributed by atoms with Gasteiger partial charge in [-0.25, -0.2) is 14.8 Å². The van der Waals surface area contributed by atoms with E-state index in [0.29, 0.717) is 12.1 Å². The van der Waals surface area contributed by atoms with Crippen molar-refractivity contribution in [2.75, 3.05) is 7.05 Å². The fourth-order valence-electron chi connectivity index (χ4n) is 1.77. The van der Waals surface area contributed by atoms with E-state index in [0.717, 1.165) is 17.9 Å². The molecule has 2 rings (SSSR count). The van der Waals surface area contributed by atoms with E-state index in [1.807, 2.05) is 19.2 Å². The summed E-state index contributed by atoms with van der Waals surface area (Å²) in [7, 11) is 1.97. The predicted molar refractivity (Wildman–Crippen MR) is 70.6 cm³/mol. The fourth-order valence-corrected chi connectivity index (χ4v) is 1.77.